The maximum absolute atomic E-state index is 14.9. The van der Waals surface area contributed by atoms with Crippen molar-refractivity contribution in [3.8, 4) is 0 Å². The predicted molar refractivity (Wildman–Crippen MR) is 183 cm³/mol. The van der Waals surface area contributed by atoms with Crippen LogP contribution in [0.1, 0.15) is 51.9 Å². The van der Waals surface area contributed by atoms with Gasteiger partial charge in [-0.1, -0.05) is 67.5 Å². The van der Waals surface area contributed by atoms with Gasteiger partial charge in [0, 0.05) is 31.9 Å². The fourth-order valence-electron chi connectivity index (χ4n) is 8.32. The SMILES string of the molecule is C=CCN(Cn1nnc2ccccc21)C(=O)C1N(CCCCCCO)C(=O)[C@@H]2[C@H](C(=O)N(CC=C)c3ccccc3)[C@]3(CC)CCC12O3. The molecule has 3 aromatic rings. The van der Waals surface area contributed by atoms with E-state index in [0.29, 0.717) is 44.2 Å². The lowest BCUT2D eigenvalue weighted by molar-refractivity contribution is -0.153. The van der Waals surface area contributed by atoms with E-state index in [1.54, 1.807) is 31.5 Å². The van der Waals surface area contributed by atoms with Crippen molar-refractivity contribution in [1.82, 2.24) is 24.8 Å². The van der Waals surface area contributed by atoms with E-state index in [0.717, 1.165) is 24.0 Å². The smallest absolute Gasteiger partial charge is 0.250 e. The maximum atomic E-state index is 14.9. The van der Waals surface area contributed by atoms with E-state index in [1.165, 1.54) is 0 Å². The third-order valence-electron chi connectivity index (χ3n) is 10.5. The zero-order valence-corrected chi connectivity index (χ0v) is 27.7. The van der Waals surface area contributed by atoms with E-state index in [2.05, 4.69) is 23.5 Å². The first kappa shape index (κ1) is 33.5. The summed E-state index contributed by atoms with van der Waals surface area (Å²) in [5, 5.41) is 17.9. The minimum Gasteiger partial charge on any atom is -0.396 e. The van der Waals surface area contributed by atoms with Crippen LogP contribution in [0.5, 0.6) is 0 Å². The number of hydrogen-bond acceptors (Lipinski definition) is 7. The van der Waals surface area contributed by atoms with Crippen LogP contribution in [-0.4, -0.2) is 91.1 Å². The number of unbranched alkanes of at least 4 members (excludes halogenated alkanes) is 3. The number of carbonyl (C=O) groups is 3. The summed E-state index contributed by atoms with van der Waals surface area (Å²) in [4.78, 5) is 49.5. The second-order valence-electron chi connectivity index (χ2n) is 13.1. The summed E-state index contributed by atoms with van der Waals surface area (Å²) < 4.78 is 8.74. The molecule has 5 atom stereocenters. The molecule has 1 aromatic heterocycles. The van der Waals surface area contributed by atoms with Crippen LogP contribution < -0.4 is 4.90 Å². The highest BCUT2D eigenvalue weighted by Crippen LogP contribution is 2.64. The van der Waals surface area contributed by atoms with Crippen molar-refractivity contribution in [1.29, 1.82) is 0 Å². The topological polar surface area (TPSA) is 121 Å². The molecule has 3 aliphatic rings. The molecule has 2 unspecified atom stereocenters. The van der Waals surface area contributed by atoms with Gasteiger partial charge in [-0.25, -0.2) is 4.68 Å². The Bertz CT molecular complexity index is 1660. The van der Waals surface area contributed by atoms with E-state index in [4.69, 9.17) is 4.74 Å². The highest BCUT2D eigenvalue weighted by Gasteiger charge is 2.79. The summed E-state index contributed by atoms with van der Waals surface area (Å²) >= 11 is 0. The summed E-state index contributed by atoms with van der Waals surface area (Å²) in [6, 6.07) is 16.1. The Kier molecular flexibility index (Phi) is 9.80. The van der Waals surface area contributed by atoms with Gasteiger partial charge >= 0.3 is 0 Å². The molecule has 6 rings (SSSR count). The Hall–Kier alpha value is -4.35. The number of benzene rings is 2. The molecule has 48 heavy (non-hydrogen) atoms. The fourth-order valence-corrected chi connectivity index (χ4v) is 8.32. The number of anilines is 1. The summed E-state index contributed by atoms with van der Waals surface area (Å²) in [7, 11) is 0. The zero-order chi connectivity index (χ0) is 33.9. The molecular formula is C37H46N6O5. The van der Waals surface area contributed by atoms with Gasteiger partial charge in [0.05, 0.1) is 23.0 Å². The van der Waals surface area contributed by atoms with Crippen molar-refractivity contribution in [2.45, 2.75) is 75.8 Å². The third kappa shape index (κ3) is 5.62. The number of likely N-dealkylation sites (tertiary alicyclic amines) is 1. The predicted octanol–water partition coefficient (Wildman–Crippen LogP) is 4.33. The van der Waals surface area contributed by atoms with Crippen LogP contribution in [0.2, 0.25) is 0 Å². The highest BCUT2D eigenvalue weighted by molar-refractivity contribution is 6.03. The highest BCUT2D eigenvalue weighted by atomic mass is 16.5. The first-order valence-electron chi connectivity index (χ1n) is 17.1. The first-order valence-corrected chi connectivity index (χ1v) is 17.1. The Morgan fingerprint density at radius 1 is 1.00 bits per heavy atom. The van der Waals surface area contributed by atoms with Gasteiger partial charge in [0.1, 0.15) is 23.8 Å². The van der Waals surface area contributed by atoms with Crippen LogP contribution in [-0.2, 0) is 25.8 Å². The molecule has 3 saturated heterocycles. The van der Waals surface area contributed by atoms with Gasteiger partial charge in [0.2, 0.25) is 17.7 Å². The Labute approximate surface area is 281 Å². The number of rotatable bonds is 16. The lowest BCUT2D eigenvalue weighted by Crippen LogP contribution is -2.56. The molecule has 0 aliphatic carbocycles. The van der Waals surface area contributed by atoms with Gasteiger partial charge in [0.15, 0.2) is 0 Å². The number of fused-ring (bicyclic) bond motifs is 2. The van der Waals surface area contributed by atoms with Crippen molar-refractivity contribution in [2.75, 3.05) is 31.1 Å². The fraction of sp³-hybridized carbons (Fsp3) is 0.486. The largest absolute Gasteiger partial charge is 0.396 e. The van der Waals surface area contributed by atoms with E-state index >= 15 is 0 Å². The number of aromatic nitrogens is 3. The summed E-state index contributed by atoms with van der Waals surface area (Å²) in [5.74, 6) is -2.22. The molecule has 0 saturated carbocycles. The quantitative estimate of drug-likeness (QED) is 0.180. The van der Waals surface area contributed by atoms with Crippen LogP contribution in [0.15, 0.2) is 79.9 Å². The standard InChI is InChI=1S/C37H46N6O5/c1-4-22-40(26-43-29-19-13-12-18-28(29)38-39-43)35(47)32-37-21-20-36(6-3,48-37)30(31(37)34(46)42(32)24-14-7-8-15-25-44)33(45)41(23-5-2)27-16-10-9-11-17-27/h4-5,9-13,16-19,30-32,44H,1-2,6-8,14-15,20-26H2,3H3/t30-,31+,32?,36+,37?/m1/s1. The van der Waals surface area contributed by atoms with Gasteiger partial charge in [-0.15, -0.1) is 18.3 Å². The number of amides is 3. The van der Waals surface area contributed by atoms with Gasteiger partial charge in [-0.2, -0.15) is 0 Å². The monoisotopic (exact) mass is 654 g/mol. The van der Waals surface area contributed by atoms with E-state index in [-0.39, 0.29) is 44.1 Å². The molecule has 4 heterocycles. The molecule has 11 nitrogen and oxygen atoms in total. The normalized spacial score (nSPS) is 25.8. The molecule has 2 aromatic carbocycles. The number of para-hydroxylation sites is 2. The lowest BCUT2D eigenvalue weighted by Gasteiger charge is -2.37. The van der Waals surface area contributed by atoms with Gasteiger partial charge < -0.3 is 24.5 Å². The lowest BCUT2D eigenvalue weighted by atomic mass is 9.64. The molecule has 11 heteroatoms. The maximum Gasteiger partial charge on any atom is 0.250 e. The molecule has 3 aliphatic heterocycles. The number of hydrogen-bond donors (Lipinski definition) is 1. The van der Waals surface area contributed by atoms with Crippen molar-refractivity contribution < 1.29 is 24.2 Å². The summed E-state index contributed by atoms with van der Waals surface area (Å²) in [6.07, 6.45) is 7.93. The molecule has 1 spiro atoms. The van der Waals surface area contributed by atoms with Gasteiger partial charge in [-0.3, -0.25) is 14.4 Å². The number of ether oxygens (including phenoxy) is 1. The third-order valence-corrected chi connectivity index (χ3v) is 10.5. The molecular weight excluding hydrogens is 608 g/mol. The number of aliphatic hydroxyl groups excluding tert-OH is 1. The molecule has 3 amide bonds. The second kappa shape index (κ2) is 14.0. The van der Waals surface area contributed by atoms with Crippen molar-refractivity contribution >= 4 is 34.4 Å². The van der Waals surface area contributed by atoms with Crippen LogP contribution in [0.25, 0.3) is 11.0 Å². The van der Waals surface area contributed by atoms with Gasteiger partial charge in [0.25, 0.3) is 0 Å². The van der Waals surface area contributed by atoms with Crippen molar-refractivity contribution in [3.63, 3.8) is 0 Å². The van der Waals surface area contributed by atoms with Crippen molar-refractivity contribution in [2.24, 2.45) is 11.8 Å². The Morgan fingerprint density at radius 3 is 2.46 bits per heavy atom. The average Bonchev–Trinajstić information content (AvgIpc) is 3.84. The average molecular weight is 655 g/mol. The van der Waals surface area contributed by atoms with E-state index in [1.807, 2.05) is 61.5 Å². The molecule has 2 bridgehead atoms. The van der Waals surface area contributed by atoms with Crippen LogP contribution >= 0.6 is 0 Å². The minimum atomic E-state index is -1.16. The molecule has 3 fully saturated rings. The molecule has 0 radical (unpaired) electrons. The molecule has 1 N–H and O–H groups in total. The van der Waals surface area contributed by atoms with Crippen LogP contribution in [0, 0.1) is 11.8 Å². The van der Waals surface area contributed by atoms with E-state index < -0.39 is 29.1 Å². The van der Waals surface area contributed by atoms with Crippen LogP contribution in [0.4, 0.5) is 5.69 Å². The Balaban J connectivity index is 1.39. The van der Waals surface area contributed by atoms with Crippen molar-refractivity contribution in [3.05, 3.63) is 79.9 Å². The number of carbonyl (C=O) groups excluding carboxylic acids is 3. The first-order chi connectivity index (χ1) is 23.4. The zero-order valence-electron chi connectivity index (χ0n) is 27.7. The van der Waals surface area contributed by atoms with E-state index in [9.17, 15) is 19.5 Å². The molecule has 254 valence electrons. The second-order valence-corrected chi connectivity index (χ2v) is 13.1. The minimum absolute atomic E-state index is 0.113. The summed E-state index contributed by atoms with van der Waals surface area (Å²) in [6.45, 7) is 10.9. The Morgan fingerprint density at radius 2 is 1.73 bits per heavy atom. The van der Waals surface area contributed by atoms with Crippen LogP contribution in [0.3, 0.4) is 0 Å². The summed E-state index contributed by atoms with van der Waals surface area (Å²) in [5.41, 5.74) is 0.199. The number of nitrogens with zero attached hydrogens (tertiary/aromatic N) is 6. The number of aliphatic hydroxyl groups is 1. The van der Waals surface area contributed by atoms with Gasteiger partial charge in [-0.05, 0) is 56.4 Å².